The molecule has 1 unspecified atom stereocenters. The SMILES string of the molecule is CCC1CCCN(c2cnc(C(C)C)nc2C(=O)O)C1. The third-order valence-electron chi connectivity index (χ3n) is 3.94. The highest BCUT2D eigenvalue weighted by molar-refractivity contribution is 5.92. The third-order valence-corrected chi connectivity index (χ3v) is 3.94. The monoisotopic (exact) mass is 277 g/mol. The van der Waals surface area contributed by atoms with Crippen molar-refractivity contribution in [2.45, 2.75) is 46.0 Å². The van der Waals surface area contributed by atoms with Crippen molar-refractivity contribution in [1.29, 1.82) is 0 Å². The van der Waals surface area contributed by atoms with Crippen LogP contribution in [0.5, 0.6) is 0 Å². The minimum Gasteiger partial charge on any atom is -0.476 e. The molecule has 1 atom stereocenters. The lowest BCUT2D eigenvalue weighted by Gasteiger charge is -2.34. The average molecular weight is 277 g/mol. The fourth-order valence-corrected chi connectivity index (χ4v) is 2.67. The summed E-state index contributed by atoms with van der Waals surface area (Å²) in [6, 6.07) is 0. The van der Waals surface area contributed by atoms with E-state index < -0.39 is 5.97 Å². The van der Waals surface area contributed by atoms with Crippen molar-refractivity contribution in [2.24, 2.45) is 5.92 Å². The van der Waals surface area contributed by atoms with Gasteiger partial charge in [-0.15, -0.1) is 0 Å². The van der Waals surface area contributed by atoms with E-state index in [0.717, 1.165) is 25.9 Å². The molecule has 0 spiro atoms. The first-order chi connectivity index (χ1) is 9.52. The lowest BCUT2D eigenvalue weighted by Crippen LogP contribution is -2.36. The van der Waals surface area contributed by atoms with Gasteiger partial charge in [0.05, 0.1) is 11.9 Å². The molecule has 1 aliphatic rings. The Morgan fingerprint density at radius 1 is 1.55 bits per heavy atom. The Balaban J connectivity index is 2.32. The van der Waals surface area contributed by atoms with Gasteiger partial charge in [0.15, 0.2) is 5.69 Å². The van der Waals surface area contributed by atoms with Gasteiger partial charge in [0.2, 0.25) is 0 Å². The summed E-state index contributed by atoms with van der Waals surface area (Å²) in [6.45, 7) is 7.91. The molecule has 1 aromatic heterocycles. The summed E-state index contributed by atoms with van der Waals surface area (Å²) >= 11 is 0. The molecule has 0 aliphatic carbocycles. The van der Waals surface area contributed by atoms with Crippen LogP contribution in [0.25, 0.3) is 0 Å². The fraction of sp³-hybridized carbons (Fsp3) is 0.667. The number of hydrogen-bond donors (Lipinski definition) is 1. The van der Waals surface area contributed by atoms with Crippen LogP contribution >= 0.6 is 0 Å². The van der Waals surface area contributed by atoms with E-state index in [1.165, 1.54) is 6.42 Å². The van der Waals surface area contributed by atoms with E-state index in [1.54, 1.807) is 6.20 Å². The number of anilines is 1. The normalized spacial score (nSPS) is 19.4. The van der Waals surface area contributed by atoms with Crippen molar-refractivity contribution in [3.8, 4) is 0 Å². The molecule has 0 aromatic carbocycles. The zero-order chi connectivity index (χ0) is 14.7. The smallest absolute Gasteiger partial charge is 0.356 e. The molecule has 5 nitrogen and oxygen atoms in total. The highest BCUT2D eigenvalue weighted by atomic mass is 16.4. The van der Waals surface area contributed by atoms with E-state index in [-0.39, 0.29) is 11.6 Å². The van der Waals surface area contributed by atoms with Gasteiger partial charge in [0.25, 0.3) is 0 Å². The predicted molar refractivity (Wildman–Crippen MR) is 78.3 cm³/mol. The van der Waals surface area contributed by atoms with Crippen molar-refractivity contribution in [2.75, 3.05) is 18.0 Å². The van der Waals surface area contributed by atoms with E-state index in [1.807, 2.05) is 13.8 Å². The van der Waals surface area contributed by atoms with E-state index >= 15 is 0 Å². The second-order valence-electron chi connectivity index (χ2n) is 5.78. The maximum atomic E-state index is 11.5. The number of hydrogen-bond acceptors (Lipinski definition) is 4. The van der Waals surface area contributed by atoms with Crippen molar-refractivity contribution < 1.29 is 9.90 Å². The molecular formula is C15H23N3O2. The molecule has 1 saturated heterocycles. The standard InChI is InChI=1S/C15H23N3O2/c1-4-11-6-5-7-18(9-11)12-8-16-14(10(2)3)17-13(12)15(19)20/h8,10-11H,4-7,9H2,1-3H3,(H,19,20). The molecule has 1 fully saturated rings. The maximum absolute atomic E-state index is 11.5. The van der Waals surface area contributed by atoms with Crippen LogP contribution in [-0.4, -0.2) is 34.1 Å². The molecule has 20 heavy (non-hydrogen) atoms. The molecular weight excluding hydrogens is 254 g/mol. The maximum Gasteiger partial charge on any atom is 0.356 e. The molecule has 2 rings (SSSR count). The molecule has 2 heterocycles. The van der Waals surface area contributed by atoms with Gasteiger partial charge in [-0.1, -0.05) is 27.2 Å². The van der Waals surface area contributed by atoms with Gasteiger partial charge in [-0.05, 0) is 18.8 Å². The molecule has 5 heteroatoms. The first kappa shape index (κ1) is 14.8. The summed E-state index contributed by atoms with van der Waals surface area (Å²) in [4.78, 5) is 22.2. The van der Waals surface area contributed by atoms with Crippen molar-refractivity contribution in [1.82, 2.24) is 9.97 Å². The summed E-state index contributed by atoms with van der Waals surface area (Å²) in [5.74, 6) is 0.389. The third kappa shape index (κ3) is 3.08. The van der Waals surface area contributed by atoms with Gasteiger partial charge in [0.1, 0.15) is 5.82 Å². The zero-order valence-electron chi connectivity index (χ0n) is 12.5. The van der Waals surface area contributed by atoms with Crippen LogP contribution in [0, 0.1) is 5.92 Å². The Morgan fingerprint density at radius 3 is 2.90 bits per heavy atom. The molecule has 1 N–H and O–H groups in total. The minimum atomic E-state index is -0.970. The summed E-state index contributed by atoms with van der Waals surface area (Å²) < 4.78 is 0. The van der Waals surface area contributed by atoms with E-state index in [2.05, 4.69) is 21.8 Å². The van der Waals surface area contributed by atoms with Crippen molar-refractivity contribution in [3.63, 3.8) is 0 Å². The van der Waals surface area contributed by atoms with Crippen molar-refractivity contribution >= 4 is 11.7 Å². The van der Waals surface area contributed by atoms with Crippen LogP contribution in [0.3, 0.4) is 0 Å². The second kappa shape index (κ2) is 6.20. The number of aromatic nitrogens is 2. The first-order valence-corrected chi connectivity index (χ1v) is 7.38. The Bertz CT molecular complexity index is 488. The molecule has 0 amide bonds. The van der Waals surface area contributed by atoms with Crippen molar-refractivity contribution in [3.05, 3.63) is 17.7 Å². The van der Waals surface area contributed by atoms with E-state index in [4.69, 9.17) is 0 Å². The number of piperidine rings is 1. The largest absolute Gasteiger partial charge is 0.476 e. The predicted octanol–water partition coefficient (Wildman–Crippen LogP) is 2.92. The number of aromatic carboxylic acids is 1. The number of carbonyl (C=O) groups is 1. The zero-order valence-corrected chi connectivity index (χ0v) is 12.5. The average Bonchev–Trinajstić information content (AvgIpc) is 2.46. The van der Waals surface area contributed by atoms with Gasteiger partial charge < -0.3 is 10.0 Å². The topological polar surface area (TPSA) is 66.3 Å². The molecule has 110 valence electrons. The lowest BCUT2D eigenvalue weighted by molar-refractivity contribution is 0.0690. The van der Waals surface area contributed by atoms with E-state index in [9.17, 15) is 9.90 Å². The highest BCUT2D eigenvalue weighted by Crippen LogP contribution is 2.27. The van der Waals surface area contributed by atoms with Gasteiger partial charge in [0, 0.05) is 19.0 Å². The molecule has 0 bridgehead atoms. The van der Waals surface area contributed by atoms with Gasteiger partial charge in [-0.2, -0.15) is 0 Å². The number of rotatable bonds is 4. The fourth-order valence-electron chi connectivity index (χ4n) is 2.67. The second-order valence-corrected chi connectivity index (χ2v) is 5.78. The van der Waals surface area contributed by atoms with Crippen LogP contribution in [0.1, 0.15) is 62.3 Å². The van der Waals surface area contributed by atoms with Crippen LogP contribution < -0.4 is 4.90 Å². The molecule has 0 saturated carbocycles. The lowest BCUT2D eigenvalue weighted by atomic mass is 9.95. The van der Waals surface area contributed by atoms with Crippen LogP contribution in [-0.2, 0) is 0 Å². The molecule has 0 radical (unpaired) electrons. The number of carboxylic acids is 1. The Morgan fingerprint density at radius 2 is 2.30 bits per heavy atom. The summed E-state index contributed by atoms with van der Waals surface area (Å²) in [7, 11) is 0. The number of nitrogens with zero attached hydrogens (tertiary/aromatic N) is 3. The van der Waals surface area contributed by atoms with Gasteiger partial charge in [-0.25, -0.2) is 14.8 Å². The molecule has 1 aliphatic heterocycles. The summed E-state index contributed by atoms with van der Waals surface area (Å²) in [5, 5.41) is 9.41. The van der Waals surface area contributed by atoms with Crippen LogP contribution in [0.2, 0.25) is 0 Å². The van der Waals surface area contributed by atoms with Crippen LogP contribution in [0.4, 0.5) is 5.69 Å². The van der Waals surface area contributed by atoms with Gasteiger partial charge in [-0.3, -0.25) is 0 Å². The first-order valence-electron chi connectivity index (χ1n) is 7.38. The minimum absolute atomic E-state index is 0.131. The van der Waals surface area contributed by atoms with E-state index in [0.29, 0.717) is 17.4 Å². The highest BCUT2D eigenvalue weighted by Gasteiger charge is 2.24. The Hall–Kier alpha value is -1.65. The van der Waals surface area contributed by atoms with Crippen LogP contribution in [0.15, 0.2) is 6.20 Å². The Labute approximate surface area is 120 Å². The van der Waals surface area contributed by atoms with Gasteiger partial charge >= 0.3 is 5.97 Å². The number of carboxylic acid groups (broad SMARTS) is 1. The summed E-state index contributed by atoms with van der Waals surface area (Å²) in [5.41, 5.74) is 0.806. The Kier molecular flexibility index (Phi) is 4.57. The quantitative estimate of drug-likeness (QED) is 0.916. The molecule has 1 aromatic rings. The summed E-state index contributed by atoms with van der Waals surface area (Å²) in [6.07, 6.45) is 5.14.